The number of hydrogen-bond acceptors (Lipinski definition) is 3. The summed E-state index contributed by atoms with van der Waals surface area (Å²) in [5.41, 5.74) is 2.13. The molecule has 2 atom stereocenters. The number of carbonyl (C=O) groups excluding carboxylic acids is 2. The van der Waals surface area contributed by atoms with Crippen LogP contribution >= 0.6 is 0 Å². The molecular formula is C28H34N2O3. The third kappa shape index (κ3) is 6.35. The summed E-state index contributed by atoms with van der Waals surface area (Å²) >= 11 is 0. The smallest absolute Gasteiger partial charge is 0.261 e. The molecule has 0 bridgehead atoms. The van der Waals surface area contributed by atoms with E-state index in [0.29, 0.717) is 18.7 Å². The zero-order chi connectivity index (χ0) is 23.8. The lowest BCUT2D eigenvalue weighted by molar-refractivity contribution is -0.143. The predicted molar refractivity (Wildman–Crippen MR) is 133 cm³/mol. The van der Waals surface area contributed by atoms with Crippen molar-refractivity contribution in [3.63, 3.8) is 0 Å². The lowest BCUT2D eigenvalue weighted by Gasteiger charge is -2.31. The standard InChI is InChI=1S/C28H34N2O3/c1-5-21(4)29-28(32)25(6-2)30(18-22-16-14-20(3)15-17-22)27(31)19-33-26-13-9-11-23-10-7-8-12-24(23)26/h7-17,21,25H,5-6,18-19H2,1-4H3,(H,29,32). The van der Waals surface area contributed by atoms with Gasteiger partial charge in [-0.15, -0.1) is 0 Å². The van der Waals surface area contributed by atoms with Crippen LogP contribution in [0.25, 0.3) is 10.8 Å². The van der Waals surface area contributed by atoms with Crippen LogP contribution in [0.15, 0.2) is 66.7 Å². The van der Waals surface area contributed by atoms with Crippen LogP contribution < -0.4 is 10.1 Å². The number of aryl methyl sites for hydroxylation is 1. The number of nitrogens with zero attached hydrogens (tertiary/aromatic N) is 1. The molecule has 3 aromatic carbocycles. The Labute approximate surface area is 196 Å². The number of carbonyl (C=O) groups is 2. The van der Waals surface area contributed by atoms with Gasteiger partial charge in [-0.05, 0) is 43.7 Å². The normalized spacial score (nSPS) is 12.7. The summed E-state index contributed by atoms with van der Waals surface area (Å²) in [4.78, 5) is 28.1. The van der Waals surface area contributed by atoms with Crippen LogP contribution in [0.5, 0.6) is 5.75 Å². The molecule has 0 radical (unpaired) electrons. The van der Waals surface area contributed by atoms with Gasteiger partial charge >= 0.3 is 0 Å². The van der Waals surface area contributed by atoms with Crippen molar-refractivity contribution in [1.29, 1.82) is 0 Å². The minimum atomic E-state index is -0.566. The lowest BCUT2D eigenvalue weighted by Crippen LogP contribution is -2.51. The van der Waals surface area contributed by atoms with E-state index in [4.69, 9.17) is 4.74 Å². The average Bonchev–Trinajstić information content (AvgIpc) is 2.83. The lowest BCUT2D eigenvalue weighted by atomic mass is 10.1. The Morgan fingerprint density at radius 2 is 1.64 bits per heavy atom. The van der Waals surface area contributed by atoms with Crippen molar-refractivity contribution in [3.05, 3.63) is 77.9 Å². The van der Waals surface area contributed by atoms with E-state index in [1.165, 1.54) is 0 Å². The summed E-state index contributed by atoms with van der Waals surface area (Å²) in [7, 11) is 0. The van der Waals surface area contributed by atoms with Gasteiger partial charge in [0.15, 0.2) is 6.61 Å². The van der Waals surface area contributed by atoms with Crippen molar-refractivity contribution >= 4 is 22.6 Å². The SMILES string of the molecule is CCC(C)NC(=O)C(CC)N(Cc1ccc(C)cc1)C(=O)COc1cccc2ccccc12. The minimum absolute atomic E-state index is 0.0508. The molecule has 2 unspecified atom stereocenters. The van der Waals surface area contributed by atoms with Crippen LogP contribution in [0.2, 0.25) is 0 Å². The van der Waals surface area contributed by atoms with Crippen molar-refractivity contribution < 1.29 is 14.3 Å². The second kappa shape index (κ2) is 11.5. The summed E-state index contributed by atoms with van der Waals surface area (Å²) in [6.07, 6.45) is 1.35. The summed E-state index contributed by atoms with van der Waals surface area (Å²) in [6, 6.07) is 21.2. The molecule has 0 aromatic heterocycles. The summed E-state index contributed by atoms with van der Waals surface area (Å²) in [5.74, 6) is 0.320. The molecule has 3 rings (SSSR count). The fourth-order valence-corrected chi connectivity index (χ4v) is 3.79. The minimum Gasteiger partial charge on any atom is -0.483 e. The van der Waals surface area contributed by atoms with Gasteiger partial charge in [0.2, 0.25) is 5.91 Å². The highest BCUT2D eigenvalue weighted by Crippen LogP contribution is 2.25. The van der Waals surface area contributed by atoms with Crippen LogP contribution in [0.3, 0.4) is 0 Å². The molecular weight excluding hydrogens is 412 g/mol. The van der Waals surface area contributed by atoms with Crippen molar-refractivity contribution in [1.82, 2.24) is 10.2 Å². The first-order valence-electron chi connectivity index (χ1n) is 11.7. The Bertz CT molecular complexity index is 1070. The molecule has 0 spiro atoms. The third-order valence-electron chi connectivity index (χ3n) is 5.96. The van der Waals surface area contributed by atoms with Crippen LogP contribution in [-0.2, 0) is 16.1 Å². The number of benzene rings is 3. The molecule has 33 heavy (non-hydrogen) atoms. The molecule has 0 fully saturated rings. The Kier molecular flexibility index (Phi) is 8.47. The van der Waals surface area contributed by atoms with Gasteiger partial charge in [0.25, 0.3) is 5.91 Å². The van der Waals surface area contributed by atoms with Crippen LogP contribution in [0.1, 0.15) is 44.7 Å². The van der Waals surface area contributed by atoms with Crippen LogP contribution in [-0.4, -0.2) is 35.4 Å². The van der Waals surface area contributed by atoms with Gasteiger partial charge in [0, 0.05) is 18.0 Å². The van der Waals surface area contributed by atoms with E-state index in [2.05, 4.69) is 5.32 Å². The number of nitrogens with one attached hydrogen (secondary N) is 1. The maximum absolute atomic E-state index is 13.4. The molecule has 0 heterocycles. The number of hydrogen-bond donors (Lipinski definition) is 1. The first-order valence-corrected chi connectivity index (χ1v) is 11.7. The average molecular weight is 447 g/mol. The molecule has 174 valence electrons. The molecule has 0 saturated carbocycles. The molecule has 0 aliphatic heterocycles. The van der Waals surface area contributed by atoms with Crippen LogP contribution in [0.4, 0.5) is 0 Å². The van der Waals surface area contributed by atoms with E-state index < -0.39 is 6.04 Å². The van der Waals surface area contributed by atoms with Gasteiger partial charge in [-0.3, -0.25) is 9.59 Å². The zero-order valence-electron chi connectivity index (χ0n) is 20.0. The first-order chi connectivity index (χ1) is 15.9. The Hall–Kier alpha value is -3.34. The van der Waals surface area contributed by atoms with Gasteiger partial charge in [0.1, 0.15) is 11.8 Å². The Morgan fingerprint density at radius 3 is 2.33 bits per heavy atom. The van der Waals surface area contributed by atoms with Gasteiger partial charge in [-0.1, -0.05) is 80.1 Å². The van der Waals surface area contributed by atoms with Gasteiger partial charge in [-0.2, -0.15) is 0 Å². The van der Waals surface area contributed by atoms with Crippen molar-refractivity contribution in [2.45, 2.75) is 59.2 Å². The van der Waals surface area contributed by atoms with E-state index in [-0.39, 0.29) is 24.5 Å². The van der Waals surface area contributed by atoms with Gasteiger partial charge in [-0.25, -0.2) is 0 Å². The van der Waals surface area contributed by atoms with E-state index in [0.717, 1.165) is 28.3 Å². The van der Waals surface area contributed by atoms with Crippen molar-refractivity contribution in [2.24, 2.45) is 0 Å². The Morgan fingerprint density at radius 1 is 0.939 bits per heavy atom. The molecule has 3 aromatic rings. The third-order valence-corrected chi connectivity index (χ3v) is 5.96. The second-order valence-corrected chi connectivity index (χ2v) is 8.52. The number of ether oxygens (including phenoxy) is 1. The molecule has 2 amide bonds. The largest absolute Gasteiger partial charge is 0.483 e. The second-order valence-electron chi connectivity index (χ2n) is 8.52. The van der Waals surface area contributed by atoms with E-state index >= 15 is 0 Å². The molecule has 1 N–H and O–H groups in total. The monoisotopic (exact) mass is 446 g/mol. The maximum atomic E-state index is 13.4. The zero-order valence-corrected chi connectivity index (χ0v) is 20.0. The summed E-state index contributed by atoms with van der Waals surface area (Å²) in [5, 5.41) is 5.05. The molecule has 5 heteroatoms. The summed E-state index contributed by atoms with van der Waals surface area (Å²) < 4.78 is 5.97. The van der Waals surface area contributed by atoms with Gasteiger partial charge in [0.05, 0.1) is 0 Å². The van der Waals surface area contributed by atoms with E-state index in [9.17, 15) is 9.59 Å². The van der Waals surface area contributed by atoms with E-state index in [1.807, 2.05) is 94.4 Å². The van der Waals surface area contributed by atoms with Gasteiger partial charge < -0.3 is 15.0 Å². The fraction of sp³-hybridized carbons (Fsp3) is 0.357. The molecule has 0 saturated heterocycles. The predicted octanol–water partition coefficient (Wildman–Crippen LogP) is 5.25. The van der Waals surface area contributed by atoms with E-state index in [1.54, 1.807) is 4.90 Å². The van der Waals surface area contributed by atoms with Crippen molar-refractivity contribution in [3.8, 4) is 5.75 Å². The molecule has 0 aliphatic rings. The van der Waals surface area contributed by atoms with Crippen molar-refractivity contribution in [2.75, 3.05) is 6.61 Å². The molecule has 5 nitrogen and oxygen atoms in total. The molecule has 0 aliphatic carbocycles. The summed E-state index contributed by atoms with van der Waals surface area (Å²) in [6.45, 7) is 8.18. The highest BCUT2D eigenvalue weighted by atomic mass is 16.5. The highest BCUT2D eigenvalue weighted by molar-refractivity contribution is 5.90. The maximum Gasteiger partial charge on any atom is 0.261 e. The Balaban J connectivity index is 1.82. The first kappa shape index (κ1) is 24.3. The topological polar surface area (TPSA) is 58.6 Å². The number of fused-ring (bicyclic) bond motifs is 1. The fourth-order valence-electron chi connectivity index (χ4n) is 3.79. The number of amides is 2. The number of rotatable bonds is 10. The quantitative estimate of drug-likeness (QED) is 0.463. The highest BCUT2D eigenvalue weighted by Gasteiger charge is 2.29. The van der Waals surface area contributed by atoms with Crippen LogP contribution in [0, 0.1) is 6.92 Å².